The molecule has 1 heterocycles. The summed E-state index contributed by atoms with van der Waals surface area (Å²) in [6.45, 7) is 1.75. The zero-order valence-electron chi connectivity index (χ0n) is 8.47. The van der Waals surface area contributed by atoms with Gasteiger partial charge in [-0.25, -0.2) is 8.78 Å². The first-order valence-corrected chi connectivity index (χ1v) is 5.50. The van der Waals surface area contributed by atoms with Crippen LogP contribution in [-0.2, 0) is 6.42 Å². The number of anilines is 1. The summed E-state index contributed by atoms with van der Waals surface area (Å²) in [7, 11) is 0. The van der Waals surface area contributed by atoms with Crippen molar-refractivity contribution in [2.24, 2.45) is 0 Å². The third-order valence-corrected chi connectivity index (χ3v) is 3.49. The summed E-state index contributed by atoms with van der Waals surface area (Å²) in [5, 5.41) is 9.50. The summed E-state index contributed by atoms with van der Waals surface area (Å²) in [5.41, 5.74) is 6.14. The SMILES string of the molecule is CCc1c(F)cc(F)c2sc(N)c(C#N)c12. The van der Waals surface area contributed by atoms with Crippen LogP contribution in [0.2, 0.25) is 0 Å². The highest BCUT2D eigenvalue weighted by molar-refractivity contribution is 7.23. The Hall–Kier alpha value is -1.67. The number of nitriles is 1. The van der Waals surface area contributed by atoms with Gasteiger partial charge >= 0.3 is 0 Å². The van der Waals surface area contributed by atoms with Gasteiger partial charge in [0.2, 0.25) is 0 Å². The Morgan fingerprint density at radius 2 is 2.12 bits per heavy atom. The van der Waals surface area contributed by atoms with Gasteiger partial charge in [-0.05, 0) is 12.0 Å². The van der Waals surface area contributed by atoms with Crippen molar-refractivity contribution in [2.45, 2.75) is 13.3 Å². The van der Waals surface area contributed by atoms with Crippen molar-refractivity contribution in [1.29, 1.82) is 5.26 Å². The van der Waals surface area contributed by atoms with E-state index in [4.69, 9.17) is 11.0 Å². The zero-order chi connectivity index (χ0) is 11.9. The minimum atomic E-state index is -0.664. The van der Waals surface area contributed by atoms with Crippen LogP contribution in [0.5, 0.6) is 0 Å². The number of aryl methyl sites for hydroxylation is 1. The van der Waals surface area contributed by atoms with Gasteiger partial charge in [-0.1, -0.05) is 6.92 Å². The summed E-state index contributed by atoms with van der Waals surface area (Å²) in [6.07, 6.45) is 0.396. The molecule has 0 unspecified atom stereocenters. The van der Waals surface area contributed by atoms with Crippen LogP contribution in [0.25, 0.3) is 10.1 Å². The standard InChI is InChI=1S/C11H8F2N2S/c1-2-5-7(12)3-8(13)10-9(5)6(4-14)11(15)16-10/h3H,2,15H2,1H3. The van der Waals surface area contributed by atoms with Crippen molar-refractivity contribution in [3.63, 3.8) is 0 Å². The maximum absolute atomic E-state index is 13.5. The van der Waals surface area contributed by atoms with Crippen LogP contribution in [0.3, 0.4) is 0 Å². The maximum atomic E-state index is 13.5. The lowest BCUT2D eigenvalue weighted by Crippen LogP contribution is -1.93. The van der Waals surface area contributed by atoms with E-state index in [1.54, 1.807) is 6.92 Å². The van der Waals surface area contributed by atoms with E-state index in [1.165, 1.54) is 0 Å². The average molecular weight is 238 g/mol. The molecule has 5 heteroatoms. The fourth-order valence-electron chi connectivity index (χ4n) is 1.74. The van der Waals surface area contributed by atoms with Crippen molar-refractivity contribution in [3.05, 3.63) is 28.8 Å². The molecule has 0 radical (unpaired) electrons. The molecule has 1 aromatic carbocycles. The first kappa shape index (κ1) is 10.8. The molecular weight excluding hydrogens is 230 g/mol. The molecule has 2 rings (SSSR count). The fraction of sp³-hybridized carbons (Fsp3) is 0.182. The molecule has 0 saturated carbocycles. The number of hydrogen-bond acceptors (Lipinski definition) is 3. The first-order chi connectivity index (χ1) is 7.60. The summed E-state index contributed by atoms with van der Waals surface area (Å²) in [4.78, 5) is 0. The predicted molar refractivity (Wildman–Crippen MR) is 60.2 cm³/mol. The Labute approximate surface area is 94.9 Å². The number of halogens is 2. The van der Waals surface area contributed by atoms with E-state index in [9.17, 15) is 8.78 Å². The highest BCUT2D eigenvalue weighted by atomic mass is 32.1. The third kappa shape index (κ3) is 1.34. The topological polar surface area (TPSA) is 49.8 Å². The number of thiophene rings is 1. The van der Waals surface area contributed by atoms with Crippen LogP contribution in [0.15, 0.2) is 6.07 Å². The molecule has 0 spiro atoms. The summed E-state index contributed by atoms with van der Waals surface area (Å²) >= 11 is 0.982. The molecule has 0 saturated heterocycles. The molecular formula is C11H8F2N2S. The molecule has 1 aromatic heterocycles. The predicted octanol–water partition coefficient (Wildman–Crippen LogP) is 3.20. The normalized spacial score (nSPS) is 10.6. The lowest BCUT2D eigenvalue weighted by molar-refractivity contribution is 0.583. The first-order valence-electron chi connectivity index (χ1n) is 4.69. The second-order valence-electron chi connectivity index (χ2n) is 3.33. The van der Waals surface area contributed by atoms with Gasteiger partial charge in [0, 0.05) is 11.5 Å². The van der Waals surface area contributed by atoms with E-state index in [2.05, 4.69) is 0 Å². The summed E-state index contributed by atoms with van der Waals surface area (Å²) in [6, 6.07) is 2.74. The van der Waals surface area contributed by atoms with Gasteiger partial charge in [-0.15, -0.1) is 11.3 Å². The Morgan fingerprint density at radius 3 is 2.69 bits per heavy atom. The van der Waals surface area contributed by atoms with Crippen molar-refractivity contribution in [1.82, 2.24) is 0 Å². The van der Waals surface area contributed by atoms with Crippen molar-refractivity contribution in [2.75, 3.05) is 5.73 Å². The van der Waals surface area contributed by atoms with Gasteiger partial charge < -0.3 is 5.73 Å². The van der Waals surface area contributed by atoms with Crippen LogP contribution in [0.1, 0.15) is 18.1 Å². The smallest absolute Gasteiger partial charge is 0.144 e. The molecule has 0 bridgehead atoms. The molecule has 0 aliphatic carbocycles. The largest absolute Gasteiger partial charge is 0.389 e. The van der Waals surface area contributed by atoms with E-state index >= 15 is 0 Å². The number of fused-ring (bicyclic) bond motifs is 1. The van der Waals surface area contributed by atoms with E-state index in [0.29, 0.717) is 17.4 Å². The Balaban J connectivity index is 3.03. The molecule has 0 aliphatic rings. The van der Waals surface area contributed by atoms with Crippen LogP contribution < -0.4 is 5.73 Å². The van der Waals surface area contributed by atoms with E-state index in [1.807, 2.05) is 6.07 Å². The number of hydrogen-bond donors (Lipinski definition) is 1. The fourth-order valence-corrected chi connectivity index (χ4v) is 2.70. The van der Waals surface area contributed by atoms with Gasteiger partial charge in [0.25, 0.3) is 0 Å². The molecule has 2 N–H and O–H groups in total. The van der Waals surface area contributed by atoms with Gasteiger partial charge in [0.15, 0.2) is 0 Å². The Bertz CT molecular complexity index is 611. The van der Waals surface area contributed by atoms with Crippen LogP contribution in [0.4, 0.5) is 13.8 Å². The van der Waals surface area contributed by atoms with Gasteiger partial charge in [0.05, 0.1) is 10.3 Å². The van der Waals surface area contributed by atoms with Crippen molar-refractivity contribution < 1.29 is 8.78 Å². The van der Waals surface area contributed by atoms with E-state index in [0.717, 1.165) is 17.4 Å². The molecule has 0 fully saturated rings. The monoisotopic (exact) mass is 238 g/mol. The highest BCUT2D eigenvalue weighted by Gasteiger charge is 2.19. The molecule has 2 aromatic rings. The highest BCUT2D eigenvalue weighted by Crippen LogP contribution is 2.38. The molecule has 0 amide bonds. The number of rotatable bonds is 1. The van der Waals surface area contributed by atoms with Crippen LogP contribution in [-0.4, -0.2) is 0 Å². The summed E-state index contributed by atoms with van der Waals surface area (Å²) in [5.74, 6) is -1.29. The average Bonchev–Trinajstić information content (AvgIpc) is 2.56. The second-order valence-corrected chi connectivity index (χ2v) is 4.38. The van der Waals surface area contributed by atoms with Crippen molar-refractivity contribution >= 4 is 26.4 Å². The zero-order valence-corrected chi connectivity index (χ0v) is 9.29. The minimum Gasteiger partial charge on any atom is -0.389 e. The van der Waals surface area contributed by atoms with Crippen molar-refractivity contribution in [3.8, 4) is 6.07 Å². The Morgan fingerprint density at radius 1 is 1.44 bits per heavy atom. The van der Waals surface area contributed by atoms with E-state index in [-0.39, 0.29) is 15.3 Å². The molecule has 0 aliphatic heterocycles. The van der Waals surface area contributed by atoms with Gasteiger partial charge in [-0.2, -0.15) is 5.26 Å². The summed E-state index contributed by atoms with van der Waals surface area (Å²) < 4.78 is 27.3. The lowest BCUT2D eigenvalue weighted by Gasteiger charge is -2.03. The second kappa shape index (κ2) is 3.72. The minimum absolute atomic E-state index is 0.176. The lowest BCUT2D eigenvalue weighted by atomic mass is 10.0. The third-order valence-electron chi connectivity index (χ3n) is 2.46. The number of nitrogens with two attached hydrogens (primary N) is 1. The van der Waals surface area contributed by atoms with Crippen LogP contribution in [0, 0.1) is 23.0 Å². The molecule has 0 atom stereocenters. The molecule has 16 heavy (non-hydrogen) atoms. The van der Waals surface area contributed by atoms with Crippen LogP contribution >= 0.6 is 11.3 Å². The molecule has 2 nitrogen and oxygen atoms in total. The maximum Gasteiger partial charge on any atom is 0.144 e. The van der Waals surface area contributed by atoms with E-state index < -0.39 is 11.6 Å². The number of nitrogen functional groups attached to an aromatic ring is 1. The molecule has 82 valence electrons. The Kier molecular flexibility index (Phi) is 2.52. The quantitative estimate of drug-likeness (QED) is 0.829. The number of benzene rings is 1. The number of nitrogens with zero attached hydrogens (tertiary/aromatic N) is 1. The van der Waals surface area contributed by atoms with Gasteiger partial charge in [0.1, 0.15) is 22.7 Å². The van der Waals surface area contributed by atoms with Gasteiger partial charge in [-0.3, -0.25) is 0 Å².